The first-order chi connectivity index (χ1) is 6.46. The molecule has 1 heterocycles. The van der Waals surface area contributed by atoms with Crippen molar-refractivity contribution in [3.8, 4) is 0 Å². The molecule has 0 aromatic heterocycles. The zero-order valence-corrected chi connectivity index (χ0v) is 8.91. The molecule has 1 aliphatic rings. The Balaban J connectivity index is 2.96. The highest BCUT2D eigenvalue weighted by Crippen LogP contribution is 2.23. The molecule has 1 fully saturated rings. The lowest BCUT2D eigenvalue weighted by atomic mass is 9.97. The van der Waals surface area contributed by atoms with Gasteiger partial charge in [0.2, 0.25) is 0 Å². The molecule has 80 valence electrons. The van der Waals surface area contributed by atoms with E-state index in [1.807, 2.05) is 13.8 Å². The molecule has 0 bridgehead atoms. The Labute approximate surface area is 83.8 Å². The maximum Gasteiger partial charge on any atom is 0.327 e. The van der Waals surface area contributed by atoms with Crippen molar-refractivity contribution >= 4 is 11.9 Å². The monoisotopic (exact) mass is 199 g/mol. The van der Waals surface area contributed by atoms with Gasteiger partial charge in [0.1, 0.15) is 6.54 Å². The lowest BCUT2D eigenvalue weighted by Crippen LogP contribution is -2.54. The van der Waals surface area contributed by atoms with Gasteiger partial charge in [-0.1, -0.05) is 6.92 Å². The third-order valence-corrected chi connectivity index (χ3v) is 2.88. The molecule has 2 N–H and O–H groups in total. The van der Waals surface area contributed by atoms with Crippen LogP contribution in [-0.2, 0) is 4.79 Å². The summed E-state index contributed by atoms with van der Waals surface area (Å²) in [5.74, 6) is -0.160. The second kappa shape index (κ2) is 3.57. The second-order valence-electron chi connectivity index (χ2n) is 3.92. The molecule has 14 heavy (non-hydrogen) atoms. The smallest absolute Gasteiger partial charge is 0.327 e. The van der Waals surface area contributed by atoms with Gasteiger partial charge in [0.15, 0.2) is 0 Å². The summed E-state index contributed by atoms with van der Waals surface area (Å²) in [5, 5.41) is 0. The summed E-state index contributed by atoms with van der Waals surface area (Å²) in [5.41, 5.74) is 5.06. The van der Waals surface area contributed by atoms with Crippen molar-refractivity contribution in [3.05, 3.63) is 0 Å². The van der Waals surface area contributed by atoms with Crippen LogP contribution in [0, 0.1) is 0 Å². The van der Waals surface area contributed by atoms with E-state index in [0.29, 0.717) is 13.0 Å². The lowest BCUT2D eigenvalue weighted by Gasteiger charge is -2.34. The fourth-order valence-electron chi connectivity index (χ4n) is 1.54. The minimum Gasteiger partial charge on any atom is -0.328 e. The minimum absolute atomic E-state index is 0.160. The molecule has 5 nitrogen and oxygen atoms in total. The Kier molecular flexibility index (Phi) is 2.80. The molecule has 1 rings (SSSR count). The van der Waals surface area contributed by atoms with Gasteiger partial charge in [-0.15, -0.1) is 0 Å². The van der Waals surface area contributed by atoms with Crippen LogP contribution in [0.2, 0.25) is 0 Å². The van der Waals surface area contributed by atoms with Gasteiger partial charge in [0.05, 0.1) is 5.54 Å². The largest absolute Gasteiger partial charge is 0.328 e. The Hall–Kier alpha value is -1.10. The first-order valence-electron chi connectivity index (χ1n) is 4.74. The van der Waals surface area contributed by atoms with Gasteiger partial charge in [0, 0.05) is 13.6 Å². The van der Waals surface area contributed by atoms with Crippen LogP contribution >= 0.6 is 0 Å². The highest BCUT2D eigenvalue weighted by molar-refractivity contribution is 6.02. The normalized spacial score (nSPS) is 21.7. The topological polar surface area (TPSA) is 66.6 Å². The number of nitrogens with zero attached hydrogens (tertiary/aromatic N) is 2. The van der Waals surface area contributed by atoms with Crippen LogP contribution < -0.4 is 5.73 Å². The number of nitrogens with two attached hydrogens (primary N) is 1. The predicted octanol–water partition coefficient (Wildman–Crippen LogP) is 0.00780. The molecule has 5 heteroatoms. The molecule has 0 saturated carbocycles. The number of hydrogen-bond acceptors (Lipinski definition) is 3. The maximum absolute atomic E-state index is 11.7. The number of carbonyl (C=O) groups is 2. The number of hydrogen-bond donors (Lipinski definition) is 1. The molecule has 1 aliphatic heterocycles. The van der Waals surface area contributed by atoms with E-state index in [2.05, 4.69) is 0 Å². The fourth-order valence-corrected chi connectivity index (χ4v) is 1.54. The summed E-state index contributed by atoms with van der Waals surface area (Å²) in [6.07, 6.45) is 0.675. The van der Waals surface area contributed by atoms with Gasteiger partial charge >= 0.3 is 6.03 Å². The molecular weight excluding hydrogens is 182 g/mol. The van der Waals surface area contributed by atoms with E-state index in [-0.39, 0.29) is 18.5 Å². The van der Waals surface area contributed by atoms with E-state index in [1.165, 1.54) is 9.80 Å². The Morgan fingerprint density at radius 3 is 2.36 bits per heavy atom. The van der Waals surface area contributed by atoms with Gasteiger partial charge < -0.3 is 10.6 Å². The quantitative estimate of drug-likeness (QED) is 0.651. The van der Waals surface area contributed by atoms with E-state index < -0.39 is 5.54 Å². The highest BCUT2D eigenvalue weighted by Gasteiger charge is 2.43. The average Bonchev–Trinajstić information content (AvgIpc) is 2.41. The lowest BCUT2D eigenvalue weighted by molar-refractivity contribution is -0.129. The van der Waals surface area contributed by atoms with Gasteiger partial charge in [-0.3, -0.25) is 9.69 Å². The number of rotatable bonds is 3. The van der Waals surface area contributed by atoms with Crippen LogP contribution in [0.15, 0.2) is 0 Å². The number of carbonyl (C=O) groups excluding carboxylic acids is 2. The SMILES string of the molecule is CCC(C)(CN)N1C(=O)CN(C)C1=O. The molecule has 0 spiro atoms. The van der Waals surface area contributed by atoms with Crippen molar-refractivity contribution < 1.29 is 9.59 Å². The summed E-state index contributed by atoms with van der Waals surface area (Å²) >= 11 is 0. The van der Waals surface area contributed by atoms with E-state index in [0.717, 1.165) is 0 Å². The highest BCUT2D eigenvalue weighted by atomic mass is 16.2. The second-order valence-corrected chi connectivity index (χ2v) is 3.92. The molecule has 0 aliphatic carbocycles. The maximum atomic E-state index is 11.7. The molecule has 3 amide bonds. The van der Waals surface area contributed by atoms with E-state index in [9.17, 15) is 9.59 Å². The Bertz CT molecular complexity index is 261. The van der Waals surface area contributed by atoms with Crippen molar-refractivity contribution in [2.75, 3.05) is 20.1 Å². The van der Waals surface area contributed by atoms with Gasteiger partial charge in [-0.2, -0.15) is 0 Å². The molecule has 1 atom stereocenters. The van der Waals surface area contributed by atoms with Crippen molar-refractivity contribution in [1.29, 1.82) is 0 Å². The molecule has 1 unspecified atom stereocenters. The van der Waals surface area contributed by atoms with Crippen LogP contribution in [0.5, 0.6) is 0 Å². The minimum atomic E-state index is -0.543. The number of imide groups is 1. The average molecular weight is 199 g/mol. The molecular formula is C9H17N3O2. The van der Waals surface area contributed by atoms with Crippen LogP contribution in [0.3, 0.4) is 0 Å². The third-order valence-electron chi connectivity index (χ3n) is 2.88. The van der Waals surface area contributed by atoms with Crippen LogP contribution in [0.4, 0.5) is 4.79 Å². The molecule has 0 aromatic carbocycles. The Morgan fingerprint density at radius 1 is 1.50 bits per heavy atom. The number of likely N-dealkylation sites (N-methyl/N-ethyl adjacent to an activating group) is 1. The fraction of sp³-hybridized carbons (Fsp3) is 0.778. The van der Waals surface area contributed by atoms with Crippen LogP contribution in [-0.4, -0.2) is 47.4 Å². The molecule has 1 saturated heterocycles. The van der Waals surface area contributed by atoms with Crippen LogP contribution in [0.1, 0.15) is 20.3 Å². The van der Waals surface area contributed by atoms with E-state index in [1.54, 1.807) is 7.05 Å². The van der Waals surface area contributed by atoms with Gasteiger partial charge in [-0.25, -0.2) is 4.79 Å². The van der Waals surface area contributed by atoms with Crippen LogP contribution in [0.25, 0.3) is 0 Å². The summed E-state index contributed by atoms with van der Waals surface area (Å²) < 4.78 is 0. The number of urea groups is 1. The summed E-state index contributed by atoms with van der Waals surface area (Å²) in [6, 6.07) is -0.246. The standard InChI is InChI=1S/C9H17N3O2/c1-4-9(2,6-10)12-7(13)5-11(3)8(12)14/h4-6,10H2,1-3H3. The Morgan fingerprint density at radius 2 is 2.07 bits per heavy atom. The van der Waals surface area contributed by atoms with E-state index in [4.69, 9.17) is 5.73 Å². The van der Waals surface area contributed by atoms with Crippen molar-refractivity contribution in [1.82, 2.24) is 9.80 Å². The summed E-state index contributed by atoms with van der Waals surface area (Å²) in [7, 11) is 1.62. The summed E-state index contributed by atoms with van der Waals surface area (Å²) in [4.78, 5) is 25.9. The van der Waals surface area contributed by atoms with Crippen molar-refractivity contribution in [2.24, 2.45) is 5.73 Å². The first-order valence-corrected chi connectivity index (χ1v) is 4.74. The van der Waals surface area contributed by atoms with E-state index >= 15 is 0 Å². The summed E-state index contributed by atoms with van der Waals surface area (Å²) in [6.45, 7) is 4.22. The molecule has 0 aromatic rings. The zero-order chi connectivity index (χ0) is 10.9. The first kappa shape index (κ1) is 11.0. The zero-order valence-electron chi connectivity index (χ0n) is 8.91. The van der Waals surface area contributed by atoms with Crippen molar-refractivity contribution in [2.45, 2.75) is 25.8 Å². The molecule has 0 radical (unpaired) electrons. The predicted molar refractivity (Wildman–Crippen MR) is 52.6 cm³/mol. The van der Waals surface area contributed by atoms with Gasteiger partial charge in [0.25, 0.3) is 5.91 Å². The van der Waals surface area contributed by atoms with Gasteiger partial charge in [-0.05, 0) is 13.3 Å². The third kappa shape index (κ3) is 1.48. The van der Waals surface area contributed by atoms with Crippen molar-refractivity contribution in [3.63, 3.8) is 0 Å². The number of amides is 3.